The van der Waals surface area contributed by atoms with Crippen LogP contribution in [0.2, 0.25) is 0 Å². The number of rotatable bonds is 10. The molecule has 0 saturated carbocycles. The van der Waals surface area contributed by atoms with Gasteiger partial charge in [0.1, 0.15) is 11.6 Å². The lowest BCUT2D eigenvalue weighted by molar-refractivity contribution is 0.266. The quantitative estimate of drug-likeness (QED) is 0.423. The van der Waals surface area contributed by atoms with E-state index in [1.54, 1.807) is 7.11 Å². The molecule has 0 radical (unpaired) electrons. The number of pyridine rings is 1. The average Bonchev–Trinajstić information content (AvgIpc) is 3.13. The topological polar surface area (TPSA) is 47.3 Å². The Morgan fingerprint density at radius 2 is 1.83 bits per heavy atom. The van der Waals surface area contributed by atoms with Gasteiger partial charge in [-0.25, -0.2) is 4.98 Å². The van der Waals surface area contributed by atoms with E-state index in [0.717, 1.165) is 49.2 Å². The van der Waals surface area contributed by atoms with Crippen molar-refractivity contribution in [2.45, 2.75) is 71.1 Å². The second-order valence-electron chi connectivity index (χ2n) is 8.38. The first-order chi connectivity index (χ1) is 14.6. The van der Waals surface area contributed by atoms with Gasteiger partial charge in [0.25, 0.3) is 0 Å². The maximum atomic E-state index is 10.2. The maximum absolute atomic E-state index is 10.2. The average molecular weight is 409 g/mol. The second-order valence-corrected chi connectivity index (χ2v) is 8.38. The van der Waals surface area contributed by atoms with Gasteiger partial charge >= 0.3 is 0 Å². The Labute approximate surface area is 180 Å². The van der Waals surface area contributed by atoms with Crippen molar-refractivity contribution in [2.24, 2.45) is 0 Å². The summed E-state index contributed by atoms with van der Waals surface area (Å²) < 4.78 is 7.83. The molecule has 3 rings (SSSR count). The first-order valence-electron chi connectivity index (χ1n) is 11.3. The zero-order chi connectivity index (χ0) is 21.7. The fourth-order valence-corrected chi connectivity index (χ4v) is 5.12. The minimum atomic E-state index is 0.0000354. The summed E-state index contributed by atoms with van der Waals surface area (Å²) in [7, 11) is 1.71. The predicted octanol–water partition coefficient (Wildman–Crippen LogP) is 6.38. The Kier molecular flexibility index (Phi) is 7.19. The summed E-state index contributed by atoms with van der Waals surface area (Å²) in [4.78, 5) is 4.69. The van der Waals surface area contributed by atoms with Crippen LogP contribution in [-0.2, 0) is 5.41 Å². The van der Waals surface area contributed by atoms with Crippen LogP contribution in [0.4, 0.5) is 0 Å². The lowest BCUT2D eigenvalue weighted by Crippen LogP contribution is -2.28. The zero-order valence-electron chi connectivity index (χ0n) is 19.1. The Balaban J connectivity index is 2.50. The molecule has 4 heteroatoms. The van der Waals surface area contributed by atoms with Crippen LogP contribution >= 0.6 is 0 Å². The molecule has 1 atom stereocenters. The lowest BCUT2D eigenvalue weighted by Gasteiger charge is -2.35. The summed E-state index contributed by atoms with van der Waals surface area (Å²) in [5.41, 5.74) is 3.75. The van der Waals surface area contributed by atoms with E-state index in [2.05, 4.69) is 55.4 Å². The number of hydrogen-bond donors (Lipinski definition) is 1. The summed E-state index contributed by atoms with van der Waals surface area (Å²) in [5.74, 6) is 1.72. The number of aromatic nitrogens is 2. The number of aliphatic hydroxyl groups is 1. The van der Waals surface area contributed by atoms with Crippen molar-refractivity contribution in [1.82, 2.24) is 9.55 Å². The Morgan fingerprint density at radius 1 is 1.10 bits per heavy atom. The van der Waals surface area contributed by atoms with Crippen molar-refractivity contribution in [3.63, 3.8) is 0 Å². The first-order valence-corrected chi connectivity index (χ1v) is 11.3. The molecule has 3 aromatic rings. The summed E-state index contributed by atoms with van der Waals surface area (Å²) in [6, 6.07) is 12.4. The Bertz CT molecular complexity index is 956. The molecule has 0 saturated heterocycles. The van der Waals surface area contributed by atoms with E-state index in [9.17, 15) is 5.11 Å². The smallest absolute Gasteiger partial charge is 0.137 e. The van der Waals surface area contributed by atoms with Gasteiger partial charge in [0.2, 0.25) is 0 Å². The number of fused-ring (bicyclic) bond motifs is 1. The van der Waals surface area contributed by atoms with E-state index in [1.165, 1.54) is 16.6 Å². The van der Waals surface area contributed by atoms with Crippen molar-refractivity contribution >= 4 is 10.9 Å². The minimum absolute atomic E-state index is 0.0000354. The molecule has 162 valence electrons. The molecule has 1 unspecified atom stereocenters. The summed E-state index contributed by atoms with van der Waals surface area (Å²) in [6.07, 6.45) is 7.44. The number of benzene rings is 1. The van der Waals surface area contributed by atoms with E-state index in [-0.39, 0.29) is 17.9 Å². The normalized spacial score (nSPS) is 13.0. The lowest BCUT2D eigenvalue weighted by atomic mass is 9.69. The number of hydrogen-bond acceptors (Lipinski definition) is 3. The highest BCUT2D eigenvalue weighted by atomic mass is 16.5. The molecule has 0 fully saturated rings. The van der Waals surface area contributed by atoms with E-state index in [1.807, 2.05) is 24.4 Å². The highest BCUT2D eigenvalue weighted by molar-refractivity contribution is 5.89. The summed E-state index contributed by atoms with van der Waals surface area (Å²) >= 11 is 0. The molecule has 0 bridgehead atoms. The zero-order valence-corrected chi connectivity index (χ0v) is 19.1. The SMILES string of the molecule is CCCC(CC)(CCC)c1c(C(C)CO)n(-c2ccccn2)c2cc(OC)ccc12. The van der Waals surface area contributed by atoms with Gasteiger partial charge in [0.15, 0.2) is 0 Å². The number of nitrogens with zero attached hydrogens (tertiary/aromatic N) is 2. The Hall–Kier alpha value is -2.33. The van der Waals surface area contributed by atoms with Crippen molar-refractivity contribution < 1.29 is 9.84 Å². The standard InChI is InChI=1S/C26H36N2O2/c1-6-14-26(8-3,15-7-2)24-21-13-12-20(30-5)17-22(21)28(25(24)19(4)18-29)23-11-9-10-16-27-23/h9-13,16-17,19,29H,6-8,14-15,18H2,1-5H3. The van der Waals surface area contributed by atoms with Gasteiger partial charge in [0, 0.05) is 29.3 Å². The van der Waals surface area contributed by atoms with Crippen molar-refractivity contribution in [1.29, 1.82) is 0 Å². The third-order valence-electron chi connectivity index (χ3n) is 6.50. The van der Waals surface area contributed by atoms with E-state index >= 15 is 0 Å². The molecule has 1 aromatic carbocycles. The summed E-state index contributed by atoms with van der Waals surface area (Å²) in [5, 5.41) is 11.5. The molecule has 30 heavy (non-hydrogen) atoms. The molecule has 2 heterocycles. The van der Waals surface area contributed by atoms with E-state index < -0.39 is 0 Å². The van der Waals surface area contributed by atoms with Crippen molar-refractivity contribution in [2.75, 3.05) is 13.7 Å². The highest BCUT2D eigenvalue weighted by Gasteiger charge is 2.37. The molecule has 0 amide bonds. The highest BCUT2D eigenvalue weighted by Crippen LogP contribution is 2.47. The van der Waals surface area contributed by atoms with Gasteiger partial charge in [-0.2, -0.15) is 0 Å². The number of methoxy groups -OCH3 is 1. The molecule has 2 aromatic heterocycles. The third kappa shape index (κ3) is 3.85. The number of aliphatic hydroxyl groups excluding tert-OH is 1. The monoisotopic (exact) mass is 408 g/mol. The minimum Gasteiger partial charge on any atom is -0.497 e. The molecule has 1 N–H and O–H groups in total. The molecule has 0 spiro atoms. The van der Waals surface area contributed by atoms with Crippen LogP contribution in [-0.4, -0.2) is 28.4 Å². The third-order valence-corrected chi connectivity index (χ3v) is 6.50. The van der Waals surface area contributed by atoms with Gasteiger partial charge in [0.05, 0.1) is 19.2 Å². The van der Waals surface area contributed by atoms with Gasteiger partial charge < -0.3 is 9.84 Å². The fourth-order valence-electron chi connectivity index (χ4n) is 5.12. The molecule has 4 nitrogen and oxygen atoms in total. The molecule has 0 aliphatic carbocycles. The molecular formula is C26H36N2O2. The summed E-state index contributed by atoms with van der Waals surface area (Å²) in [6.45, 7) is 9.08. The number of ether oxygens (including phenoxy) is 1. The van der Waals surface area contributed by atoms with Crippen LogP contribution in [0.15, 0.2) is 42.6 Å². The first kappa shape index (κ1) is 22.4. The Morgan fingerprint density at radius 3 is 2.37 bits per heavy atom. The van der Waals surface area contributed by atoms with Gasteiger partial charge in [-0.05, 0) is 54.5 Å². The molecular weight excluding hydrogens is 372 g/mol. The van der Waals surface area contributed by atoms with Crippen LogP contribution in [0.3, 0.4) is 0 Å². The van der Waals surface area contributed by atoms with Crippen molar-refractivity contribution in [3.05, 3.63) is 53.9 Å². The van der Waals surface area contributed by atoms with Crippen LogP contribution in [0.5, 0.6) is 5.75 Å². The van der Waals surface area contributed by atoms with Gasteiger partial charge in [-0.3, -0.25) is 4.57 Å². The van der Waals surface area contributed by atoms with Crippen molar-refractivity contribution in [3.8, 4) is 11.6 Å². The van der Waals surface area contributed by atoms with Gasteiger partial charge in [-0.15, -0.1) is 0 Å². The molecule has 0 aliphatic heterocycles. The van der Waals surface area contributed by atoms with E-state index in [4.69, 9.17) is 4.74 Å². The van der Waals surface area contributed by atoms with E-state index in [0.29, 0.717) is 0 Å². The molecule has 0 aliphatic rings. The fraction of sp³-hybridized carbons (Fsp3) is 0.500. The van der Waals surface area contributed by atoms with Crippen LogP contribution in [0.1, 0.15) is 77.0 Å². The largest absolute Gasteiger partial charge is 0.497 e. The van der Waals surface area contributed by atoms with Crippen LogP contribution in [0, 0.1) is 0 Å². The predicted molar refractivity (Wildman–Crippen MR) is 125 cm³/mol. The van der Waals surface area contributed by atoms with Crippen LogP contribution < -0.4 is 4.74 Å². The second kappa shape index (κ2) is 9.65. The maximum Gasteiger partial charge on any atom is 0.137 e. The van der Waals surface area contributed by atoms with Crippen LogP contribution in [0.25, 0.3) is 16.7 Å². The van der Waals surface area contributed by atoms with Gasteiger partial charge in [-0.1, -0.05) is 46.6 Å².